The van der Waals surface area contributed by atoms with Crippen LogP contribution in [0.1, 0.15) is 38.4 Å². The average molecular weight is 513 g/mol. The number of thioether (sulfide) groups is 1. The van der Waals surface area contributed by atoms with Gasteiger partial charge in [0, 0.05) is 23.9 Å². The number of methoxy groups -OCH3 is 1. The molecule has 10 heteroatoms. The van der Waals surface area contributed by atoms with Crippen molar-refractivity contribution in [3.8, 4) is 28.5 Å². The van der Waals surface area contributed by atoms with Crippen LogP contribution in [0.25, 0.3) is 22.7 Å². The third-order valence-corrected chi connectivity index (χ3v) is 8.26. The Balaban J connectivity index is 1.59. The molecule has 1 aliphatic rings. The first-order valence-corrected chi connectivity index (χ1v) is 12.4. The lowest BCUT2D eigenvalue weighted by molar-refractivity contribution is 0.0201. The molecule has 36 heavy (non-hydrogen) atoms. The van der Waals surface area contributed by atoms with Gasteiger partial charge in [-0.15, -0.1) is 22.0 Å². The summed E-state index contributed by atoms with van der Waals surface area (Å²) >= 11 is 1.28. The van der Waals surface area contributed by atoms with E-state index >= 15 is 0 Å². The van der Waals surface area contributed by atoms with E-state index in [1.165, 1.54) is 17.8 Å². The highest BCUT2D eigenvalue weighted by molar-refractivity contribution is 8.00. The van der Waals surface area contributed by atoms with Gasteiger partial charge in [-0.2, -0.15) is 0 Å². The van der Waals surface area contributed by atoms with Gasteiger partial charge in [-0.05, 0) is 57.0 Å². The summed E-state index contributed by atoms with van der Waals surface area (Å²) in [6.07, 6.45) is 2.98. The van der Waals surface area contributed by atoms with E-state index in [4.69, 9.17) is 9.15 Å². The highest BCUT2D eigenvalue weighted by atomic mass is 32.2. The average Bonchev–Trinajstić information content (AvgIpc) is 3.47. The first kappa shape index (κ1) is 24.5. The third-order valence-electron chi connectivity index (χ3n) is 6.54. The molecule has 188 valence electrons. The topological polar surface area (TPSA) is 86.2 Å². The molecule has 0 fully saturated rings. The standard InChI is InChI=1S/C26H26F2N4O3S/c1-15-29-14-22(35-15)18-8-6-16(12-21(18)34-4)23-30-31-24-26(25(2,3)33,10-5-11-32(23)24)36-17-7-9-19(27)20(28)13-17/h6-9,12-14,33H,5,10-11H2,1-4H3. The van der Waals surface area contributed by atoms with Gasteiger partial charge >= 0.3 is 0 Å². The van der Waals surface area contributed by atoms with E-state index in [1.807, 2.05) is 22.8 Å². The number of ether oxygens (including phenoxy) is 1. The molecule has 0 saturated carbocycles. The van der Waals surface area contributed by atoms with E-state index in [0.717, 1.165) is 29.7 Å². The smallest absolute Gasteiger partial charge is 0.191 e. The number of aromatic nitrogens is 4. The molecule has 0 bridgehead atoms. The number of oxazole rings is 1. The highest BCUT2D eigenvalue weighted by Crippen LogP contribution is 2.54. The lowest BCUT2D eigenvalue weighted by Gasteiger charge is -2.44. The van der Waals surface area contributed by atoms with Gasteiger partial charge in [0.15, 0.2) is 34.9 Å². The normalized spacial score (nSPS) is 17.8. The Morgan fingerprint density at radius 1 is 1.14 bits per heavy atom. The molecule has 2 aromatic heterocycles. The second-order valence-electron chi connectivity index (χ2n) is 9.33. The van der Waals surface area contributed by atoms with Crippen LogP contribution in [0, 0.1) is 18.6 Å². The van der Waals surface area contributed by atoms with Crippen molar-refractivity contribution in [2.75, 3.05) is 7.11 Å². The van der Waals surface area contributed by atoms with Crippen molar-refractivity contribution < 1.29 is 23.0 Å². The van der Waals surface area contributed by atoms with Crippen LogP contribution in [-0.4, -0.2) is 37.6 Å². The molecule has 1 N–H and O–H groups in total. The van der Waals surface area contributed by atoms with Crippen LogP contribution >= 0.6 is 11.8 Å². The number of aryl methyl sites for hydroxylation is 1. The summed E-state index contributed by atoms with van der Waals surface area (Å²) in [5, 5.41) is 20.4. The molecule has 0 aliphatic carbocycles. The zero-order valence-electron chi connectivity index (χ0n) is 20.4. The summed E-state index contributed by atoms with van der Waals surface area (Å²) in [6.45, 7) is 5.85. The molecule has 0 saturated heterocycles. The van der Waals surface area contributed by atoms with Crippen molar-refractivity contribution in [3.63, 3.8) is 0 Å². The fourth-order valence-corrected chi connectivity index (χ4v) is 6.13. The molecule has 1 unspecified atom stereocenters. The molecule has 0 radical (unpaired) electrons. The van der Waals surface area contributed by atoms with Crippen LogP contribution < -0.4 is 4.74 Å². The lowest BCUT2D eigenvalue weighted by atomic mass is 9.83. The second kappa shape index (κ2) is 9.01. The van der Waals surface area contributed by atoms with Crippen LogP contribution in [0.4, 0.5) is 8.78 Å². The van der Waals surface area contributed by atoms with Crippen molar-refractivity contribution in [1.29, 1.82) is 0 Å². The van der Waals surface area contributed by atoms with Crippen molar-refractivity contribution in [3.05, 3.63) is 65.9 Å². The summed E-state index contributed by atoms with van der Waals surface area (Å²) in [5.74, 6) is 1.12. The van der Waals surface area contributed by atoms with Gasteiger partial charge < -0.3 is 18.8 Å². The molecule has 3 heterocycles. The van der Waals surface area contributed by atoms with Gasteiger partial charge in [-0.25, -0.2) is 13.8 Å². The number of hydrogen-bond donors (Lipinski definition) is 1. The van der Waals surface area contributed by atoms with Crippen LogP contribution in [0.2, 0.25) is 0 Å². The second-order valence-corrected chi connectivity index (χ2v) is 10.7. The zero-order chi connectivity index (χ0) is 25.7. The SMILES string of the molecule is COc1cc(-c2nnc3n2CCCC3(Sc2ccc(F)c(F)c2)C(C)(C)O)ccc1-c1cnc(C)o1. The van der Waals surface area contributed by atoms with Crippen molar-refractivity contribution >= 4 is 11.8 Å². The molecule has 1 atom stereocenters. The largest absolute Gasteiger partial charge is 0.496 e. The lowest BCUT2D eigenvalue weighted by Crippen LogP contribution is -2.48. The Labute approximate surface area is 211 Å². The maximum atomic E-state index is 14.0. The number of halogens is 2. The van der Waals surface area contributed by atoms with E-state index in [2.05, 4.69) is 15.2 Å². The highest BCUT2D eigenvalue weighted by Gasteiger charge is 2.52. The minimum atomic E-state index is -1.24. The predicted molar refractivity (Wildman–Crippen MR) is 132 cm³/mol. The number of nitrogens with zero attached hydrogens (tertiary/aromatic N) is 4. The Hall–Kier alpha value is -3.24. The van der Waals surface area contributed by atoms with Crippen LogP contribution in [0.15, 0.2) is 51.9 Å². The Morgan fingerprint density at radius 3 is 2.61 bits per heavy atom. The first-order chi connectivity index (χ1) is 17.1. The molecule has 5 rings (SSSR count). The summed E-state index contributed by atoms with van der Waals surface area (Å²) in [7, 11) is 1.59. The number of hydrogen-bond acceptors (Lipinski definition) is 7. The monoisotopic (exact) mass is 512 g/mol. The van der Waals surface area contributed by atoms with E-state index < -0.39 is 22.0 Å². The van der Waals surface area contributed by atoms with Gasteiger partial charge in [0.05, 0.1) is 24.5 Å². The first-order valence-electron chi connectivity index (χ1n) is 11.5. The number of rotatable bonds is 6. The molecule has 7 nitrogen and oxygen atoms in total. The molecule has 4 aromatic rings. The number of fused-ring (bicyclic) bond motifs is 1. The quantitative estimate of drug-likeness (QED) is 0.352. The van der Waals surface area contributed by atoms with Crippen LogP contribution in [-0.2, 0) is 11.3 Å². The molecular weight excluding hydrogens is 486 g/mol. The fourth-order valence-electron chi connectivity index (χ4n) is 4.69. The molecule has 0 amide bonds. The Bertz CT molecular complexity index is 1430. The third kappa shape index (κ3) is 4.08. The maximum absolute atomic E-state index is 14.0. The summed E-state index contributed by atoms with van der Waals surface area (Å²) in [5.41, 5.74) is 0.311. The fraction of sp³-hybridized carbons (Fsp3) is 0.346. The zero-order valence-corrected chi connectivity index (χ0v) is 21.2. The predicted octanol–water partition coefficient (Wildman–Crippen LogP) is 5.75. The minimum Gasteiger partial charge on any atom is -0.496 e. The molecule has 0 spiro atoms. The van der Waals surface area contributed by atoms with E-state index in [0.29, 0.717) is 46.9 Å². The van der Waals surface area contributed by atoms with E-state index in [9.17, 15) is 13.9 Å². The Kier molecular flexibility index (Phi) is 6.12. The van der Waals surface area contributed by atoms with Gasteiger partial charge in [0.1, 0.15) is 10.5 Å². The molecule has 1 aliphatic heterocycles. The van der Waals surface area contributed by atoms with Gasteiger partial charge in [-0.1, -0.05) is 6.07 Å². The van der Waals surface area contributed by atoms with E-state index in [-0.39, 0.29) is 0 Å². The summed E-state index contributed by atoms with van der Waals surface area (Å²) in [4.78, 5) is 4.67. The van der Waals surface area contributed by atoms with Gasteiger partial charge in [0.2, 0.25) is 0 Å². The minimum absolute atomic E-state index is 0.502. The number of benzene rings is 2. The maximum Gasteiger partial charge on any atom is 0.191 e. The molecule has 2 aromatic carbocycles. The van der Waals surface area contributed by atoms with Crippen molar-refractivity contribution in [2.24, 2.45) is 0 Å². The Morgan fingerprint density at radius 2 is 1.94 bits per heavy atom. The van der Waals surface area contributed by atoms with Crippen molar-refractivity contribution in [2.45, 2.75) is 55.4 Å². The summed E-state index contributed by atoms with van der Waals surface area (Å²) in [6, 6.07) is 9.43. The van der Waals surface area contributed by atoms with Crippen LogP contribution in [0.3, 0.4) is 0 Å². The van der Waals surface area contributed by atoms with E-state index in [1.54, 1.807) is 34.1 Å². The van der Waals surface area contributed by atoms with Gasteiger partial charge in [0.25, 0.3) is 0 Å². The van der Waals surface area contributed by atoms with Crippen molar-refractivity contribution in [1.82, 2.24) is 19.7 Å². The van der Waals surface area contributed by atoms with Gasteiger partial charge in [-0.3, -0.25) is 0 Å². The van der Waals surface area contributed by atoms with Crippen LogP contribution in [0.5, 0.6) is 5.75 Å². The molecular formula is C26H26F2N4O3S. The summed E-state index contributed by atoms with van der Waals surface area (Å²) < 4.78 is 39.9. The number of aliphatic hydroxyl groups is 1.